The van der Waals surface area contributed by atoms with Crippen molar-refractivity contribution in [3.8, 4) is 0 Å². The standard InChI is InChI=1S/C10H9FN2O2/c1-6-3-4-8(11)13-9(6)7(5-12-13)10(14)15-2/h3-5H,1-2H3. The molecule has 0 aliphatic carbocycles. The summed E-state index contributed by atoms with van der Waals surface area (Å²) in [4.78, 5) is 11.4. The zero-order valence-electron chi connectivity index (χ0n) is 8.32. The molecular weight excluding hydrogens is 199 g/mol. The van der Waals surface area contributed by atoms with Crippen molar-refractivity contribution in [3.05, 3.63) is 35.4 Å². The minimum Gasteiger partial charge on any atom is -0.465 e. The van der Waals surface area contributed by atoms with Crippen LogP contribution in [0, 0.1) is 12.9 Å². The average Bonchev–Trinajstić information content (AvgIpc) is 2.68. The summed E-state index contributed by atoms with van der Waals surface area (Å²) in [5.74, 6) is -1.02. The fourth-order valence-corrected chi connectivity index (χ4v) is 1.49. The molecule has 0 saturated heterocycles. The summed E-state index contributed by atoms with van der Waals surface area (Å²) in [6, 6.07) is 2.90. The predicted octanol–water partition coefficient (Wildman–Crippen LogP) is 1.57. The quantitative estimate of drug-likeness (QED) is 0.527. The number of aryl methyl sites for hydroxylation is 1. The molecule has 2 aromatic heterocycles. The Morgan fingerprint density at radius 3 is 2.93 bits per heavy atom. The molecule has 0 aliphatic rings. The van der Waals surface area contributed by atoms with E-state index in [4.69, 9.17) is 0 Å². The van der Waals surface area contributed by atoms with E-state index in [9.17, 15) is 9.18 Å². The summed E-state index contributed by atoms with van der Waals surface area (Å²) >= 11 is 0. The molecule has 0 unspecified atom stereocenters. The Balaban J connectivity index is 2.79. The van der Waals surface area contributed by atoms with Gasteiger partial charge in [-0.15, -0.1) is 0 Å². The third-order valence-electron chi connectivity index (χ3n) is 2.22. The number of rotatable bonds is 1. The molecule has 78 valence electrons. The van der Waals surface area contributed by atoms with Crippen molar-refractivity contribution in [1.82, 2.24) is 9.61 Å². The number of carbonyl (C=O) groups excluding carboxylic acids is 1. The molecule has 15 heavy (non-hydrogen) atoms. The van der Waals surface area contributed by atoms with Gasteiger partial charge in [0.15, 0.2) is 0 Å². The molecule has 2 aromatic rings. The Bertz CT molecular complexity index is 533. The molecule has 0 fully saturated rings. The van der Waals surface area contributed by atoms with Gasteiger partial charge >= 0.3 is 5.97 Å². The minimum atomic E-state index is -0.515. The number of pyridine rings is 1. The molecule has 0 spiro atoms. The van der Waals surface area contributed by atoms with Gasteiger partial charge in [-0.05, 0) is 18.6 Å². The molecule has 2 rings (SSSR count). The molecule has 4 nitrogen and oxygen atoms in total. The highest BCUT2D eigenvalue weighted by molar-refractivity contribution is 5.97. The Morgan fingerprint density at radius 2 is 2.27 bits per heavy atom. The van der Waals surface area contributed by atoms with E-state index in [1.54, 1.807) is 13.0 Å². The fourth-order valence-electron chi connectivity index (χ4n) is 1.49. The van der Waals surface area contributed by atoms with Crippen molar-refractivity contribution in [1.29, 1.82) is 0 Å². The fraction of sp³-hybridized carbons (Fsp3) is 0.200. The van der Waals surface area contributed by atoms with Crippen LogP contribution < -0.4 is 0 Å². The van der Waals surface area contributed by atoms with Gasteiger partial charge in [-0.25, -0.2) is 9.31 Å². The molecule has 0 atom stereocenters. The first-order chi connectivity index (χ1) is 7.15. The van der Waals surface area contributed by atoms with Gasteiger partial charge in [0, 0.05) is 0 Å². The van der Waals surface area contributed by atoms with Crippen LogP contribution in [-0.4, -0.2) is 22.7 Å². The summed E-state index contributed by atoms with van der Waals surface area (Å²) in [6.45, 7) is 1.78. The second-order valence-electron chi connectivity index (χ2n) is 3.15. The number of ether oxygens (including phenoxy) is 1. The average molecular weight is 208 g/mol. The highest BCUT2D eigenvalue weighted by Crippen LogP contribution is 2.17. The topological polar surface area (TPSA) is 43.6 Å². The van der Waals surface area contributed by atoms with Crippen molar-refractivity contribution in [2.75, 3.05) is 7.11 Å². The van der Waals surface area contributed by atoms with Crippen LogP contribution in [0.15, 0.2) is 18.3 Å². The third-order valence-corrected chi connectivity index (χ3v) is 2.22. The van der Waals surface area contributed by atoms with Crippen LogP contribution in [0.25, 0.3) is 5.52 Å². The lowest BCUT2D eigenvalue weighted by Gasteiger charge is -2.01. The van der Waals surface area contributed by atoms with Gasteiger partial charge in [0.1, 0.15) is 5.56 Å². The number of hydrogen-bond acceptors (Lipinski definition) is 3. The largest absolute Gasteiger partial charge is 0.465 e. The molecule has 0 radical (unpaired) electrons. The number of aromatic nitrogens is 2. The summed E-state index contributed by atoms with van der Waals surface area (Å²) in [5, 5.41) is 3.79. The van der Waals surface area contributed by atoms with Crippen molar-refractivity contribution in [2.24, 2.45) is 0 Å². The van der Waals surface area contributed by atoms with Gasteiger partial charge in [0.2, 0.25) is 5.95 Å². The van der Waals surface area contributed by atoms with E-state index in [0.717, 1.165) is 10.1 Å². The maximum Gasteiger partial charge on any atom is 0.341 e. The van der Waals surface area contributed by atoms with E-state index in [-0.39, 0.29) is 5.56 Å². The van der Waals surface area contributed by atoms with Gasteiger partial charge in [0.25, 0.3) is 0 Å². The van der Waals surface area contributed by atoms with Crippen LogP contribution in [0.2, 0.25) is 0 Å². The Kier molecular flexibility index (Phi) is 2.15. The van der Waals surface area contributed by atoms with Gasteiger partial charge < -0.3 is 4.74 Å². The third kappa shape index (κ3) is 1.36. The predicted molar refractivity (Wildman–Crippen MR) is 51.2 cm³/mol. The number of nitrogens with zero attached hydrogens (tertiary/aromatic N) is 2. The van der Waals surface area contributed by atoms with E-state index in [0.29, 0.717) is 5.52 Å². The summed E-state index contributed by atoms with van der Waals surface area (Å²) in [5.41, 5.74) is 1.49. The lowest BCUT2D eigenvalue weighted by Crippen LogP contribution is -2.02. The molecule has 0 aromatic carbocycles. The monoisotopic (exact) mass is 208 g/mol. The normalized spacial score (nSPS) is 10.6. The molecule has 5 heteroatoms. The van der Waals surface area contributed by atoms with Crippen molar-refractivity contribution in [2.45, 2.75) is 6.92 Å². The van der Waals surface area contributed by atoms with Crippen LogP contribution in [-0.2, 0) is 4.74 Å². The highest BCUT2D eigenvalue weighted by atomic mass is 19.1. The first-order valence-electron chi connectivity index (χ1n) is 4.36. The number of carbonyl (C=O) groups is 1. The van der Waals surface area contributed by atoms with E-state index >= 15 is 0 Å². The Morgan fingerprint density at radius 1 is 1.53 bits per heavy atom. The van der Waals surface area contributed by atoms with E-state index in [1.807, 2.05) is 0 Å². The van der Waals surface area contributed by atoms with Crippen LogP contribution in [0.1, 0.15) is 15.9 Å². The first kappa shape index (κ1) is 9.64. The van der Waals surface area contributed by atoms with Gasteiger partial charge in [-0.3, -0.25) is 0 Å². The summed E-state index contributed by atoms with van der Waals surface area (Å²) in [7, 11) is 1.28. The smallest absolute Gasteiger partial charge is 0.341 e. The van der Waals surface area contributed by atoms with Gasteiger partial charge in [0.05, 0.1) is 18.8 Å². The van der Waals surface area contributed by atoms with E-state index in [1.165, 1.54) is 19.4 Å². The number of fused-ring (bicyclic) bond motifs is 1. The zero-order valence-corrected chi connectivity index (χ0v) is 8.32. The van der Waals surface area contributed by atoms with Crippen LogP contribution in [0.4, 0.5) is 4.39 Å². The summed E-state index contributed by atoms with van der Waals surface area (Å²) in [6.07, 6.45) is 1.30. The zero-order chi connectivity index (χ0) is 11.0. The maximum atomic E-state index is 13.3. The van der Waals surface area contributed by atoms with Crippen LogP contribution in [0.5, 0.6) is 0 Å². The first-order valence-corrected chi connectivity index (χ1v) is 4.36. The molecule has 0 N–H and O–H groups in total. The van der Waals surface area contributed by atoms with Crippen molar-refractivity contribution >= 4 is 11.5 Å². The van der Waals surface area contributed by atoms with Crippen molar-refractivity contribution in [3.63, 3.8) is 0 Å². The second kappa shape index (κ2) is 3.34. The Labute approximate surface area is 85.3 Å². The number of methoxy groups -OCH3 is 1. The molecular formula is C10H9FN2O2. The molecule has 2 heterocycles. The molecule has 0 saturated carbocycles. The van der Waals surface area contributed by atoms with Crippen LogP contribution >= 0.6 is 0 Å². The number of esters is 1. The highest BCUT2D eigenvalue weighted by Gasteiger charge is 2.16. The SMILES string of the molecule is COC(=O)c1cnn2c(F)ccc(C)c12. The second-order valence-corrected chi connectivity index (χ2v) is 3.15. The minimum absolute atomic E-state index is 0.273. The molecule has 0 aliphatic heterocycles. The van der Waals surface area contributed by atoms with Gasteiger partial charge in [-0.1, -0.05) is 6.07 Å². The Hall–Kier alpha value is -1.91. The van der Waals surface area contributed by atoms with Crippen molar-refractivity contribution < 1.29 is 13.9 Å². The van der Waals surface area contributed by atoms with Gasteiger partial charge in [-0.2, -0.15) is 9.49 Å². The number of halogens is 1. The molecule has 0 bridgehead atoms. The van der Waals surface area contributed by atoms with E-state index < -0.39 is 11.9 Å². The van der Waals surface area contributed by atoms with Crippen LogP contribution in [0.3, 0.4) is 0 Å². The maximum absolute atomic E-state index is 13.3. The lowest BCUT2D eigenvalue weighted by molar-refractivity contribution is 0.0603. The lowest BCUT2D eigenvalue weighted by atomic mass is 10.2. The number of hydrogen-bond donors (Lipinski definition) is 0. The summed E-state index contributed by atoms with van der Waals surface area (Å²) < 4.78 is 19.0. The molecule has 0 amide bonds. The van der Waals surface area contributed by atoms with E-state index in [2.05, 4.69) is 9.84 Å².